The maximum absolute atomic E-state index is 10.9. The number of rotatable bonds is 6. The van der Waals surface area contributed by atoms with Gasteiger partial charge in [-0.15, -0.1) is 0 Å². The summed E-state index contributed by atoms with van der Waals surface area (Å²) in [4.78, 5) is 10.4. The molecule has 1 aromatic rings. The molecule has 20 heavy (non-hydrogen) atoms. The van der Waals surface area contributed by atoms with Gasteiger partial charge in [0.15, 0.2) is 0 Å². The molecule has 0 spiro atoms. The Morgan fingerprint density at radius 1 is 1.55 bits per heavy atom. The molecule has 1 unspecified atom stereocenters. The van der Waals surface area contributed by atoms with Crippen molar-refractivity contribution in [2.45, 2.75) is 32.8 Å². The average molecular weight is 277 g/mol. The summed E-state index contributed by atoms with van der Waals surface area (Å²) in [6.07, 6.45) is 0.575. The molecule has 108 valence electrons. The van der Waals surface area contributed by atoms with Crippen LogP contribution in [-0.2, 0) is 0 Å². The SMILES string of the molecule is CC(C)CC(C)(O)CNc1cc(C#N)ccc1[N+](=O)[O-]. The van der Waals surface area contributed by atoms with E-state index in [1.165, 1.54) is 18.2 Å². The van der Waals surface area contributed by atoms with Crippen LogP contribution in [0.3, 0.4) is 0 Å². The van der Waals surface area contributed by atoms with Gasteiger partial charge in [0.25, 0.3) is 5.69 Å². The van der Waals surface area contributed by atoms with Gasteiger partial charge in [-0.2, -0.15) is 5.26 Å². The molecular weight excluding hydrogens is 258 g/mol. The van der Waals surface area contributed by atoms with Crippen molar-refractivity contribution < 1.29 is 10.0 Å². The highest BCUT2D eigenvalue weighted by atomic mass is 16.6. The Labute approximate surface area is 118 Å². The van der Waals surface area contributed by atoms with Crippen molar-refractivity contribution in [3.05, 3.63) is 33.9 Å². The summed E-state index contributed by atoms with van der Waals surface area (Å²) in [7, 11) is 0. The maximum Gasteiger partial charge on any atom is 0.292 e. The summed E-state index contributed by atoms with van der Waals surface area (Å²) in [6, 6.07) is 6.05. The number of hydrogen-bond acceptors (Lipinski definition) is 5. The standard InChI is InChI=1S/C14H19N3O3/c1-10(2)7-14(3,18)9-16-12-6-11(8-15)4-5-13(12)17(19)20/h4-6,10,16,18H,7,9H2,1-3H3. The zero-order valence-electron chi connectivity index (χ0n) is 11.9. The number of nitro benzene ring substituents is 1. The Morgan fingerprint density at radius 3 is 2.70 bits per heavy atom. The van der Waals surface area contributed by atoms with Crippen LogP contribution in [0.1, 0.15) is 32.8 Å². The molecule has 0 saturated carbocycles. The summed E-state index contributed by atoms with van der Waals surface area (Å²) >= 11 is 0. The zero-order valence-corrected chi connectivity index (χ0v) is 11.9. The van der Waals surface area contributed by atoms with Crippen molar-refractivity contribution in [3.63, 3.8) is 0 Å². The first-order chi connectivity index (χ1) is 9.25. The van der Waals surface area contributed by atoms with Gasteiger partial charge in [-0.05, 0) is 31.4 Å². The van der Waals surface area contributed by atoms with Gasteiger partial charge < -0.3 is 10.4 Å². The van der Waals surface area contributed by atoms with Crippen molar-refractivity contribution in [2.24, 2.45) is 5.92 Å². The molecular formula is C14H19N3O3. The van der Waals surface area contributed by atoms with Gasteiger partial charge in [0.05, 0.1) is 22.2 Å². The lowest BCUT2D eigenvalue weighted by Crippen LogP contribution is -2.35. The lowest BCUT2D eigenvalue weighted by atomic mass is 9.94. The summed E-state index contributed by atoms with van der Waals surface area (Å²) in [5.41, 5.74) is -0.492. The minimum absolute atomic E-state index is 0.107. The molecule has 0 aliphatic rings. The molecule has 1 aromatic carbocycles. The van der Waals surface area contributed by atoms with Crippen molar-refractivity contribution in [3.8, 4) is 6.07 Å². The van der Waals surface area contributed by atoms with Gasteiger partial charge in [-0.25, -0.2) is 0 Å². The van der Waals surface area contributed by atoms with Crippen LogP contribution in [0.5, 0.6) is 0 Å². The van der Waals surface area contributed by atoms with Crippen molar-refractivity contribution >= 4 is 11.4 Å². The molecule has 0 aliphatic heterocycles. The third-order valence-electron chi connectivity index (χ3n) is 2.83. The fourth-order valence-corrected chi connectivity index (χ4v) is 2.14. The van der Waals surface area contributed by atoms with E-state index in [4.69, 9.17) is 5.26 Å². The number of aliphatic hydroxyl groups is 1. The highest BCUT2D eigenvalue weighted by Gasteiger charge is 2.23. The number of nitrogens with one attached hydrogen (secondary N) is 1. The van der Waals surface area contributed by atoms with Crippen LogP contribution >= 0.6 is 0 Å². The van der Waals surface area contributed by atoms with Crippen molar-refractivity contribution in [1.82, 2.24) is 0 Å². The lowest BCUT2D eigenvalue weighted by molar-refractivity contribution is -0.384. The van der Waals surface area contributed by atoms with E-state index in [2.05, 4.69) is 5.32 Å². The topological polar surface area (TPSA) is 99.2 Å². The number of nitriles is 1. The molecule has 0 heterocycles. The molecule has 0 amide bonds. The van der Waals surface area contributed by atoms with Crippen molar-refractivity contribution in [1.29, 1.82) is 5.26 Å². The highest BCUT2D eigenvalue weighted by Crippen LogP contribution is 2.26. The minimum atomic E-state index is -0.968. The van der Waals surface area contributed by atoms with Crippen LogP contribution in [0.25, 0.3) is 0 Å². The average Bonchev–Trinajstić information content (AvgIpc) is 2.34. The molecule has 1 atom stereocenters. The number of nitrogens with zero attached hydrogens (tertiary/aromatic N) is 2. The summed E-state index contributed by atoms with van der Waals surface area (Å²) in [5, 5.41) is 32.9. The molecule has 2 N–H and O–H groups in total. The largest absolute Gasteiger partial charge is 0.388 e. The van der Waals surface area contributed by atoms with E-state index in [-0.39, 0.29) is 17.9 Å². The maximum atomic E-state index is 10.9. The Bertz CT molecular complexity index is 533. The summed E-state index contributed by atoms with van der Waals surface area (Å²) < 4.78 is 0. The number of nitro groups is 1. The van der Waals surface area contributed by atoms with Gasteiger partial charge in [0.2, 0.25) is 0 Å². The first kappa shape index (κ1) is 15.9. The Kier molecular flexibility index (Phi) is 5.06. The predicted molar refractivity (Wildman–Crippen MR) is 76.4 cm³/mol. The number of benzene rings is 1. The molecule has 0 aliphatic carbocycles. The van der Waals surface area contributed by atoms with Gasteiger partial charge in [0, 0.05) is 12.6 Å². The molecule has 0 aromatic heterocycles. The molecule has 0 radical (unpaired) electrons. The van der Waals surface area contributed by atoms with Crippen LogP contribution in [0.2, 0.25) is 0 Å². The molecule has 6 nitrogen and oxygen atoms in total. The van der Waals surface area contributed by atoms with Gasteiger partial charge >= 0.3 is 0 Å². The van der Waals surface area contributed by atoms with Crippen LogP contribution in [0, 0.1) is 27.4 Å². The molecule has 0 bridgehead atoms. The van der Waals surface area contributed by atoms with E-state index in [0.29, 0.717) is 17.9 Å². The molecule has 1 rings (SSSR count). The van der Waals surface area contributed by atoms with Crippen LogP contribution < -0.4 is 5.32 Å². The Balaban J connectivity index is 2.91. The lowest BCUT2D eigenvalue weighted by Gasteiger charge is -2.26. The van der Waals surface area contributed by atoms with Crippen LogP contribution in [0.15, 0.2) is 18.2 Å². The van der Waals surface area contributed by atoms with E-state index < -0.39 is 10.5 Å². The Morgan fingerprint density at radius 2 is 2.20 bits per heavy atom. The molecule has 0 fully saturated rings. The molecule has 0 saturated heterocycles. The normalized spacial score (nSPS) is 13.6. The fourth-order valence-electron chi connectivity index (χ4n) is 2.14. The third kappa shape index (κ3) is 4.52. The first-order valence-electron chi connectivity index (χ1n) is 6.40. The highest BCUT2D eigenvalue weighted by molar-refractivity contribution is 5.64. The number of hydrogen-bond donors (Lipinski definition) is 2. The fraction of sp³-hybridized carbons (Fsp3) is 0.500. The van der Waals surface area contributed by atoms with Crippen LogP contribution in [0.4, 0.5) is 11.4 Å². The van der Waals surface area contributed by atoms with E-state index in [0.717, 1.165) is 0 Å². The summed E-state index contributed by atoms with van der Waals surface area (Å²) in [6.45, 7) is 5.85. The van der Waals surface area contributed by atoms with E-state index in [1.54, 1.807) is 6.92 Å². The minimum Gasteiger partial charge on any atom is -0.388 e. The van der Waals surface area contributed by atoms with Gasteiger partial charge in [-0.3, -0.25) is 10.1 Å². The monoisotopic (exact) mass is 277 g/mol. The second kappa shape index (κ2) is 6.35. The third-order valence-corrected chi connectivity index (χ3v) is 2.83. The Hall–Kier alpha value is -2.13. The second-order valence-corrected chi connectivity index (χ2v) is 5.55. The van der Waals surface area contributed by atoms with Gasteiger partial charge in [-0.1, -0.05) is 13.8 Å². The van der Waals surface area contributed by atoms with Gasteiger partial charge in [0.1, 0.15) is 5.69 Å². The van der Waals surface area contributed by atoms with E-state index >= 15 is 0 Å². The van der Waals surface area contributed by atoms with Crippen molar-refractivity contribution in [2.75, 3.05) is 11.9 Å². The smallest absolute Gasteiger partial charge is 0.292 e. The van der Waals surface area contributed by atoms with E-state index in [9.17, 15) is 15.2 Å². The quantitative estimate of drug-likeness (QED) is 0.615. The first-order valence-corrected chi connectivity index (χ1v) is 6.40. The molecule has 6 heteroatoms. The van der Waals surface area contributed by atoms with E-state index in [1.807, 2.05) is 19.9 Å². The number of anilines is 1. The second-order valence-electron chi connectivity index (χ2n) is 5.55. The van der Waals surface area contributed by atoms with Crippen LogP contribution in [-0.4, -0.2) is 22.2 Å². The predicted octanol–water partition coefficient (Wildman–Crippen LogP) is 2.68. The summed E-state index contributed by atoms with van der Waals surface area (Å²) in [5.74, 6) is 0.312. The zero-order chi connectivity index (χ0) is 15.3.